The highest BCUT2D eigenvalue weighted by Crippen LogP contribution is 2.38. The van der Waals surface area contributed by atoms with Crippen LogP contribution in [0.1, 0.15) is 58.6 Å². The number of amides is 1. The first-order valence-electron chi connectivity index (χ1n) is 8.65. The Bertz CT molecular complexity index is 760. The number of carbonyl (C=O) groups excluding carboxylic acids is 2. The summed E-state index contributed by atoms with van der Waals surface area (Å²) in [5.41, 5.74) is 0.521. The molecule has 0 spiro atoms. The van der Waals surface area contributed by atoms with Crippen molar-refractivity contribution in [3.63, 3.8) is 0 Å². The standard InChI is InChI=1S/C20H22FNO2S/c1-14-4-10-18(25-14)17(23)9-11-19(24)22-20(12-2-3-13-20)15-5-7-16(21)8-6-15/h4-8,10H,2-3,9,11-13H2,1H3,(H,22,24). The molecule has 1 aliphatic carbocycles. The Labute approximate surface area is 151 Å². The second-order valence-corrected chi connectivity index (χ2v) is 7.97. The van der Waals surface area contributed by atoms with Crippen LogP contribution in [0.2, 0.25) is 0 Å². The van der Waals surface area contributed by atoms with E-state index in [0.717, 1.165) is 36.1 Å². The number of halogens is 1. The molecule has 132 valence electrons. The highest BCUT2D eigenvalue weighted by Gasteiger charge is 2.36. The Kier molecular flexibility index (Phi) is 5.33. The van der Waals surface area contributed by atoms with Crippen molar-refractivity contribution in [2.75, 3.05) is 0 Å². The minimum Gasteiger partial charge on any atom is -0.347 e. The van der Waals surface area contributed by atoms with E-state index in [-0.39, 0.29) is 30.3 Å². The maximum atomic E-state index is 13.2. The molecule has 0 aliphatic heterocycles. The van der Waals surface area contributed by atoms with Gasteiger partial charge < -0.3 is 5.32 Å². The molecule has 0 atom stereocenters. The van der Waals surface area contributed by atoms with Crippen LogP contribution in [0.4, 0.5) is 4.39 Å². The molecule has 2 aromatic rings. The summed E-state index contributed by atoms with van der Waals surface area (Å²) in [6.45, 7) is 1.96. The first-order valence-corrected chi connectivity index (χ1v) is 9.47. The van der Waals surface area contributed by atoms with Gasteiger partial charge in [0.2, 0.25) is 5.91 Å². The Morgan fingerprint density at radius 2 is 1.76 bits per heavy atom. The predicted molar refractivity (Wildman–Crippen MR) is 97.3 cm³/mol. The lowest BCUT2D eigenvalue weighted by atomic mass is 9.88. The molecular weight excluding hydrogens is 337 g/mol. The van der Waals surface area contributed by atoms with Crippen LogP contribution in [0.25, 0.3) is 0 Å². The quantitative estimate of drug-likeness (QED) is 0.757. The molecule has 0 radical (unpaired) electrons. The summed E-state index contributed by atoms with van der Waals surface area (Å²) in [5, 5.41) is 3.13. The summed E-state index contributed by atoms with van der Waals surface area (Å²) in [6, 6.07) is 10.1. The fraction of sp³-hybridized carbons (Fsp3) is 0.400. The van der Waals surface area contributed by atoms with Crippen LogP contribution in [0.3, 0.4) is 0 Å². The first-order chi connectivity index (χ1) is 12.0. The van der Waals surface area contributed by atoms with Crippen LogP contribution in [0.5, 0.6) is 0 Å². The van der Waals surface area contributed by atoms with Crippen LogP contribution in [-0.2, 0) is 10.3 Å². The van der Waals surface area contributed by atoms with Gasteiger partial charge in [0.1, 0.15) is 5.82 Å². The number of Topliss-reactive ketones (excluding diaryl/α,β-unsaturated/α-hetero) is 1. The highest BCUT2D eigenvalue weighted by molar-refractivity contribution is 7.14. The van der Waals surface area contributed by atoms with Crippen LogP contribution in [0.15, 0.2) is 36.4 Å². The normalized spacial score (nSPS) is 15.9. The van der Waals surface area contributed by atoms with Gasteiger partial charge in [0, 0.05) is 17.7 Å². The molecule has 25 heavy (non-hydrogen) atoms. The number of ketones is 1. The third kappa shape index (κ3) is 4.15. The maximum absolute atomic E-state index is 13.2. The van der Waals surface area contributed by atoms with E-state index < -0.39 is 5.54 Å². The maximum Gasteiger partial charge on any atom is 0.221 e. The summed E-state index contributed by atoms with van der Waals surface area (Å²) in [6.07, 6.45) is 4.16. The monoisotopic (exact) mass is 359 g/mol. The van der Waals surface area contributed by atoms with E-state index >= 15 is 0 Å². The van der Waals surface area contributed by atoms with Gasteiger partial charge in [-0.1, -0.05) is 25.0 Å². The molecule has 3 nitrogen and oxygen atoms in total. The minimum atomic E-state index is -0.423. The van der Waals surface area contributed by atoms with Gasteiger partial charge in [-0.25, -0.2) is 4.39 Å². The number of carbonyl (C=O) groups is 2. The molecule has 0 saturated heterocycles. The van der Waals surface area contributed by atoms with Crippen molar-refractivity contribution < 1.29 is 14.0 Å². The van der Waals surface area contributed by atoms with Gasteiger partial charge in [-0.05, 0) is 49.6 Å². The second kappa shape index (κ2) is 7.48. The van der Waals surface area contributed by atoms with Gasteiger partial charge >= 0.3 is 0 Å². The molecule has 0 unspecified atom stereocenters. The van der Waals surface area contributed by atoms with Crippen molar-refractivity contribution in [3.05, 3.63) is 57.5 Å². The Hall–Kier alpha value is -2.01. The fourth-order valence-corrected chi connectivity index (χ4v) is 4.33. The molecule has 1 heterocycles. The van der Waals surface area contributed by atoms with Crippen LogP contribution < -0.4 is 5.32 Å². The number of rotatable bonds is 6. The SMILES string of the molecule is Cc1ccc(C(=O)CCC(=O)NC2(c3ccc(F)cc3)CCCC2)s1. The van der Waals surface area contributed by atoms with E-state index in [2.05, 4.69) is 5.32 Å². The molecule has 1 aromatic carbocycles. The summed E-state index contributed by atoms with van der Waals surface area (Å²) in [7, 11) is 0. The Morgan fingerprint density at radius 3 is 2.36 bits per heavy atom. The van der Waals surface area contributed by atoms with Gasteiger partial charge in [-0.3, -0.25) is 9.59 Å². The minimum absolute atomic E-state index is 0.00973. The molecule has 1 aliphatic rings. The van der Waals surface area contributed by atoms with E-state index in [1.54, 1.807) is 12.1 Å². The van der Waals surface area contributed by atoms with Crippen molar-refractivity contribution in [2.24, 2.45) is 0 Å². The van der Waals surface area contributed by atoms with Crippen molar-refractivity contribution in [1.82, 2.24) is 5.32 Å². The third-order valence-corrected chi connectivity index (χ3v) is 5.87. The third-order valence-electron chi connectivity index (χ3n) is 4.83. The van der Waals surface area contributed by atoms with Gasteiger partial charge in [-0.2, -0.15) is 0 Å². The average molecular weight is 359 g/mol. The van der Waals surface area contributed by atoms with Crippen molar-refractivity contribution in [3.8, 4) is 0 Å². The van der Waals surface area contributed by atoms with Crippen LogP contribution in [-0.4, -0.2) is 11.7 Å². The zero-order valence-corrected chi connectivity index (χ0v) is 15.1. The van der Waals surface area contributed by atoms with Crippen molar-refractivity contribution in [1.29, 1.82) is 0 Å². The van der Waals surface area contributed by atoms with E-state index in [4.69, 9.17) is 0 Å². The van der Waals surface area contributed by atoms with Crippen molar-refractivity contribution in [2.45, 2.75) is 51.0 Å². The first kappa shape index (κ1) is 17.8. The number of benzene rings is 1. The van der Waals surface area contributed by atoms with Gasteiger partial charge in [-0.15, -0.1) is 11.3 Å². The van der Waals surface area contributed by atoms with E-state index in [9.17, 15) is 14.0 Å². The summed E-state index contributed by atoms with van der Waals surface area (Å²) >= 11 is 1.46. The Balaban J connectivity index is 1.63. The lowest BCUT2D eigenvalue weighted by Crippen LogP contribution is -2.43. The molecule has 1 amide bonds. The van der Waals surface area contributed by atoms with Gasteiger partial charge in [0.05, 0.1) is 10.4 Å². The van der Waals surface area contributed by atoms with Gasteiger partial charge in [0.25, 0.3) is 0 Å². The van der Waals surface area contributed by atoms with Crippen LogP contribution >= 0.6 is 11.3 Å². The van der Waals surface area contributed by atoms with E-state index in [0.29, 0.717) is 4.88 Å². The second-order valence-electron chi connectivity index (χ2n) is 6.68. The average Bonchev–Trinajstić information content (AvgIpc) is 3.23. The molecule has 1 aromatic heterocycles. The van der Waals surface area contributed by atoms with Gasteiger partial charge in [0.15, 0.2) is 5.78 Å². The lowest BCUT2D eigenvalue weighted by Gasteiger charge is -2.31. The fourth-order valence-electron chi connectivity index (χ4n) is 3.50. The zero-order chi connectivity index (χ0) is 17.9. The number of thiophene rings is 1. The molecule has 3 rings (SSSR count). The molecular formula is C20H22FNO2S. The summed E-state index contributed by atoms with van der Waals surface area (Å²) in [5.74, 6) is -0.386. The summed E-state index contributed by atoms with van der Waals surface area (Å²) in [4.78, 5) is 26.4. The summed E-state index contributed by atoms with van der Waals surface area (Å²) < 4.78 is 13.2. The zero-order valence-electron chi connectivity index (χ0n) is 14.3. The van der Waals surface area contributed by atoms with Crippen molar-refractivity contribution >= 4 is 23.0 Å². The number of hydrogen-bond donors (Lipinski definition) is 1. The molecule has 5 heteroatoms. The highest BCUT2D eigenvalue weighted by atomic mass is 32.1. The number of hydrogen-bond acceptors (Lipinski definition) is 3. The molecule has 1 fully saturated rings. The lowest BCUT2D eigenvalue weighted by molar-refractivity contribution is -0.123. The topological polar surface area (TPSA) is 46.2 Å². The predicted octanol–water partition coefficient (Wildman–Crippen LogP) is 4.74. The van der Waals surface area contributed by atoms with Crippen LogP contribution in [0, 0.1) is 12.7 Å². The molecule has 0 bridgehead atoms. The number of aryl methyl sites for hydroxylation is 1. The van der Waals surface area contributed by atoms with E-state index in [1.807, 2.05) is 19.1 Å². The van der Waals surface area contributed by atoms with E-state index in [1.165, 1.54) is 23.5 Å². The molecule has 1 saturated carbocycles. The number of nitrogens with one attached hydrogen (secondary N) is 1. The largest absolute Gasteiger partial charge is 0.347 e. The molecule has 1 N–H and O–H groups in total. The smallest absolute Gasteiger partial charge is 0.221 e. The Morgan fingerprint density at radius 1 is 1.08 bits per heavy atom.